The summed E-state index contributed by atoms with van der Waals surface area (Å²) < 4.78 is 7.72. The Morgan fingerprint density at radius 3 is 2.44 bits per heavy atom. The van der Waals surface area contributed by atoms with E-state index in [9.17, 15) is 19.2 Å². The van der Waals surface area contributed by atoms with Gasteiger partial charge in [-0.25, -0.2) is 4.79 Å². The normalized spacial score (nSPS) is 18.9. The molecule has 34 heavy (non-hydrogen) atoms. The van der Waals surface area contributed by atoms with Crippen LogP contribution in [0.2, 0.25) is 0 Å². The van der Waals surface area contributed by atoms with Crippen LogP contribution in [0.4, 0.5) is 5.82 Å². The van der Waals surface area contributed by atoms with E-state index in [1.54, 1.807) is 19.1 Å². The fraction of sp³-hybridized carbons (Fsp3) is 0.500. The number of likely N-dealkylation sites (tertiary alicyclic amines) is 1. The summed E-state index contributed by atoms with van der Waals surface area (Å²) in [5.41, 5.74) is 0.269. The number of amides is 2. The number of benzene rings is 1. The second-order valence-electron chi connectivity index (χ2n) is 8.93. The first-order valence-electron chi connectivity index (χ1n) is 11.5. The SMILES string of the molecule is COc1ccc(CN2CC(C(=O)N3CCCN(c4cc(=O)n(C)c(=O)n4C)CC3)CC2=O)cc1. The number of rotatable bonds is 5. The number of aromatic nitrogens is 2. The quantitative estimate of drug-likeness (QED) is 0.620. The van der Waals surface area contributed by atoms with Crippen molar-refractivity contribution in [2.24, 2.45) is 20.0 Å². The van der Waals surface area contributed by atoms with E-state index in [0.717, 1.165) is 15.9 Å². The zero-order chi connectivity index (χ0) is 24.4. The average molecular weight is 470 g/mol. The van der Waals surface area contributed by atoms with Crippen molar-refractivity contribution in [3.05, 3.63) is 56.7 Å². The van der Waals surface area contributed by atoms with Crippen LogP contribution in [0.5, 0.6) is 5.75 Å². The predicted octanol–water partition coefficient (Wildman–Crippen LogP) is 0.180. The lowest BCUT2D eigenvalue weighted by atomic mass is 10.1. The highest BCUT2D eigenvalue weighted by molar-refractivity contribution is 5.89. The van der Waals surface area contributed by atoms with Crippen molar-refractivity contribution in [3.63, 3.8) is 0 Å². The molecule has 2 aliphatic heterocycles. The minimum Gasteiger partial charge on any atom is -0.497 e. The van der Waals surface area contributed by atoms with Gasteiger partial charge in [0.25, 0.3) is 5.56 Å². The van der Waals surface area contributed by atoms with Crippen LogP contribution < -0.4 is 20.9 Å². The van der Waals surface area contributed by atoms with Crippen LogP contribution in [-0.4, -0.2) is 70.6 Å². The maximum absolute atomic E-state index is 13.2. The van der Waals surface area contributed by atoms with Crippen LogP contribution in [0.1, 0.15) is 18.4 Å². The molecule has 10 nitrogen and oxygen atoms in total. The van der Waals surface area contributed by atoms with Crippen molar-refractivity contribution in [3.8, 4) is 5.75 Å². The van der Waals surface area contributed by atoms with Crippen LogP contribution >= 0.6 is 0 Å². The molecular weight excluding hydrogens is 438 g/mol. The van der Waals surface area contributed by atoms with Gasteiger partial charge in [-0.15, -0.1) is 0 Å². The highest BCUT2D eigenvalue weighted by atomic mass is 16.5. The molecule has 1 aromatic carbocycles. The number of anilines is 1. The Kier molecular flexibility index (Phi) is 6.76. The molecule has 1 aromatic heterocycles. The predicted molar refractivity (Wildman–Crippen MR) is 127 cm³/mol. The van der Waals surface area contributed by atoms with Crippen LogP contribution in [0.15, 0.2) is 39.9 Å². The molecule has 2 aliphatic rings. The first-order chi connectivity index (χ1) is 16.3. The summed E-state index contributed by atoms with van der Waals surface area (Å²) in [5, 5.41) is 0. The Morgan fingerprint density at radius 2 is 1.74 bits per heavy atom. The van der Waals surface area contributed by atoms with E-state index < -0.39 is 0 Å². The van der Waals surface area contributed by atoms with Gasteiger partial charge in [0.05, 0.1) is 13.0 Å². The van der Waals surface area contributed by atoms with Gasteiger partial charge in [-0.3, -0.25) is 23.5 Å². The van der Waals surface area contributed by atoms with Crippen molar-refractivity contribution in [2.75, 3.05) is 44.7 Å². The zero-order valence-electron chi connectivity index (χ0n) is 19.9. The van der Waals surface area contributed by atoms with Gasteiger partial charge in [0.1, 0.15) is 11.6 Å². The maximum atomic E-state index is 13.2. The Labute approximate surface area is 197 Å². The van der Waals surface area contributed by atoms with Gasteiger partial charge < -0.3 is 19.4 Å². The fourth-order valence-corrected chi connectivity index (χ4v) is 4.69. The summed E-state index contributed by atoms with van der Waals surface area (Å²) in [6, 6.07) is 9.04. The van der Waals surface area contributed by atoms with Crippen molar-refractivity contribution in [1.82, 2.24) is 18.9 Å². The van der Waals surface area contributed by atoms with Gasteiger partial charge in [-0.2, -0.15) is 0 Å². The number of hydrogen-bond donors (Lipinski definition) is 0. The molecule has 2 saturated heterocycles. The van der Waals surface area contributed by atoms with Crippen LogP contribution in [0.25, 0.3) is 0 Å². The first-order valence-corrected chi connectivity index (χ1v) is 11.5. The molecule has 0 spiro atoms. The third kappa shape index (κ3) is 4.71. The summed E-state index contributed by atoms with van der Waals surface area (Å²) in [4.78, 5) is 55.8. The molecule has 2 fully saturated rings. The molecule has 3 heterocycles. The monoisotopic (exact) mass is 469 g/mol. The molecule has 0 bridgehead atoms. The summed E-state index contributed by atoms with van der Waals surface area (Å²) in [6.07, 6.45) is 0.934. The fourth-order valence-electron chi connectivity index (χ4n) is 4.69. The van der Waals surface area contributed by atoms with Crippen molar-refractivity contribution < 1.29 is 14.3 Å². The smallest absolute Gasteiger partial charge is 0.332 e. The first kappa shape index (κ1) is 23.6. The highest BCUT2D eigenvalue weighted by Gasteiger charge is 2.37. The summed E-state index contributed by atoms with van der Waals surface area (Å²) >= 11 is 0. The molecule has 182 valence electrons. The Hall–Kier alpha value is -3.56. The molecule has 0 N–H and O–H groups in total. The zero-order valence-corrected chi connectivity index (χ0v) is 19.9. The van der Waals surface area contributed by atoms with Crippen molar-refractivity contribution in [2.45, 2.75) is 19.4 Å². The lowest BCUT2D eigenvalue weighted by Gasteiger charge is -2.26. The van der Waals surface area contributed by atoms with Gasteiger partial charge in [0, 0.05) is 65.9 Å². The van der Waals surface area contributed by atoms with Gasteiger partial charge in [0.15, 0.2) is 0 Å². The van der Waals surface area contributed by atoms with E-state index in [2.05, 4.69) is 0 Å². The van der Waals surface area contributed by atoms with Gasteiger partial charge in [-0.1, -0.05) is 12.1 Å². The molecule has 1 atom stereocenters. The number of carbonyl (C=O) groups is 2. The number of ether oxygens (including phenoxy) is 1. The second kappa shape index (κ2) is 9.74. The Bertz CT molecular complexity index is 1190. The minimum atomic E-state index is -0.374. The third-order valence-corrected chi connectivity index (χ3v) is 6.73. The molecule has 0 aliphatic carbocycles. The van der Waals surface area contributed by atoms with E-state index >= 15 is 0 Å². The largest absolute Gasteiger partial charge is 0.497 e. The Morgan fingerprint density at radius 1 is 1.00 bits per heavy atom. The summed E-state index contributed by atoms with van der Waals surface area (Å²) in [5.74, 6) is 0.941. The Balaban J connectivity index is 1.39. The number of nitrogens with zero attached hydrogens (tertiary/aromatic N) is 5. The van der Waals surface area contributed by atoms with Crippen molar-refractivity contribution in [1.29, 1.82) is 0 Å². The van der Waals surface area contributed by atoms with Crippen molar-refractivity contribution >= 4 is 17.6 Å². The molecule has 0 radical (unpaired) electrons. The van der Waals surface area contributed by atoms with E-state index in [4.69, 9.17) is 4.74 Å². The van der Waals surface area contributed by atoms with E-state index in [0.29, 0.717) is 51.5 Å². The molecular formula is C24H31N5O5. The van der Waals surface area contributed by atoms with Gasteiger partial charge in [0.2, 0.25) is 11.8 Å². The topological polar surface area (TPSA) is 97.1 Å². The van der Waals surface area contributed by atoms with E-state index in [-0.39, 0.29) is 35.4 Å². The molecule has 2 amide bonds. The minimum absolute atomic E-state index is 0.00899. The molecule has 4 rings (SSSR count). The standard InChI is InChI=1S/C24H31N5O5/c1-25-20(14-21(30)26(2)24(25)33)27-9-4-10-28(12-11-27)23(32)18-13-22(31)29(16-18)15-17-5-7-19(34-3)8-6-17/h5-8,14,18H,4,9-13,15-16H2,1-3H3. The third-order valence-electron chi connectivity index (χ3n) is 6.73. The summed E-state index contributed by atoms with van der Waals surface area (Å²) in [6.45, 7) is 3.09. The van der Waals surface area contributed by atoms with Gasteiger partial charge >= 0.3 is 5.69 Å². The van der Waals surface area contributed by atoms with E-state index in [1.165, 1.54) is 17.7 Å². The highest BCUT2D eigenvalue weighted by Crippen LogP contribution is 2.24. The number of methoxy groups -OCH3 is 1. The molecule has 1 unspecified atom stereocenters. The van der Waals surface area contributed by atoms with Gasteiger partial charge in [-0.05, 0) is 24.1 Å². The lowest BCUT2D eigenvalue weighted by molar-refractivity contribution is -0.135. The van der Waals surface area contributed by atoms with Crippen LogP contribution in [0.3, 0.4) is 0 Å². The second-order valence-corrected chi connectivity index (χ2v) is 8.93. The number of carbonyl (C=O) groups excluding carboxylic acids is 2. The van der Waals surface area contributed by atoms with Crippen LogP contribution in [-0.2, 0) is 30.2 Å². The average Bonchev–Trinajstić information content (AvgIpc) is 3.04. The summed E-state index contributed by atoms with van der Waals surface area (Å²) in [7, 11) is 4.71. The van der Waals surface area contributed by atoms with E-state index in [1.807, 2.05) is 34.1 Å². The van der Waals surface area contributed by atoms with Crippen LogP contribution in [0, 0.1) is 5.92 Å². The molecule has 10 heteroatoms. The maximum Gasteiger partial charge on any atom is 0.332 e. The molecule has 0 saturated carbocycles. The molecule has 2 aromatic rings. The lowest BCUT2D eigenvalue weighted by Crippen LogP contribution is -2.42. The number of hydrogen-bond acceptors (Lipinski definition) is 6.